The molecule has 1 rings (SSSR count). The van der Waals surface area contributed by atoms with Gasteiger partial charge < -0.3 is 22.4 Å². The van der Waals surface area contributed by atoms with E-state index in [9.17, 15) is 26.1 Å². The Morgan fingerprint density at radius 2 is 1.53 bits per heavy atom. The van der Waals surface area contributed by atoms with E-state index in [4.69, 9.17) is 4.74 Å². The van der Waals surface area contributed by atoms with Crippen molar-refractivity contribution in [2.24, 2.45) is 0 Å². The Kier molecular flexibility index (Phi) is 4.38. The Balaban J connectivity index is 2.56. The summed E-state index contributed by atoms with van der Waals surface area (Å²) >= 11 is 0. The zero-order valence-electron chi connectivity index (χ0n) is 9.39. The van der Waals surface area contributed by atoms with Crippen LogP contribution in [0.2, 0.25) is 0 Å². The monoisotopic (exact) mass is 285 g/mol. The minimum atomic E-state index is -5.19. The molecule has 0 fully saturated rings. The van der Waals surface area contributed by atoms with Crippen molar-refractivity contribution < 1.29 is 35.6 Å². The Morgan fingerprint density at radius 3 is 1.95 bits per heavy atom. The van der Waals surface area contributed by atoms with Crippen molar-refractivity contribution in [3.8, 4) is 11.5 Å². The number of ether oxygens (including phenoxy) is 2. The number of halogens is 6. The van der Waals surface area contributed by atoms with Crippen LogP contribution in [-0.2, 0) is 0 Å². The van der Waals surface area contributed by atoms with E-state index in [0.29, 0.717) is 0 Å². The summed E-state index contributed by atoms with van der Waals surface area (Å²) in [5.74, 6) is -0.505. The predicted molar refractivity (Wildman–Crippen MR) is 56.8 cm³/mol. The fourth-order valence-electron chi connectivity index (χ4n) is 1.01. The van der Waals surface area contributed by atoms with Crippen LogP contribution in [0.3, 0.4) is 0 Å². The molecule has 0 atom stereocenters. The van der Waals surface area contributed by atoms with Crippen LogP contribution in [0.1, 0.15) is 0 Å². The van der Waals surface area contributed by atoms with Gasteiger partial charge >= 0.3 is 13.3 Å². The van der Waals surface area contributed by atoms with Crippen LogP contribution in [0.15, 0.2) is 36.3 Å². The van der Waals surface area contributed by atoms with Crippen molar-refractivity contribution in [1.82, 2.24) is 0 Å². The maximum absolute atomic E-state index is 12.1. The lowest BCUT2D eigenvalue weighted by Crippen LogP contribution is -2.23. The van der Waals surface area contributed by atoms with Gasteiger partial charge in [-0.1, -0.05) is 0 Å². The zero-order chi connectivity index (χ0) is 14.7. The quantitative estimate of drug-likeness (QED) is 0.603. The summed E-state index contributed by atoms with van der Waals surface area (Å²) in [7, 11) is 0. The first-order valence-electron chi connectivity index (χ1n) is 4.94. The molecule has 2 nitrogen and oxygen atoms in total. The molecule has 0 heterocycles. The van der Waals surface area contributed by atoms with Gasteiger partial charge in [0.2, 0.25) is 0 Å². The molecule has 106 valence electrons. The van der Waals surface area contributed by atoms with Crippen LogP contribution >= 0.6 is 0 Å². The Bertz CT molecular complexity index is 437. The van der Waals surface area contributed by atoms with Gasteiger partial charge in [-0.25, -0.2) is 0 Å². The van der Waals surface area contributed by atoms with E-state index >= 15 is 0 Å². The maximum atomic E-state index is 12.1. The van der Waals surface area contributed by atoms with Gasteiger partial charge in [0.15, 0.2) is 0 Å². The van der Waals surface area contributed by atoms with Crippen molar-refractivity contribution >= 4 is 6.98 Å². The van der Waals surface area contributed by atoms with Crippen molar-refractivity contribution in [2.45, 2.75) is 6.36 Å². The molecule has 0 saturated heterocycles. The Labute approximate surface area is 104 Å². The molecule has 1 aromatic carbocycles. The van der Waals surface area contributed by atoms with Gasteiger partial charge in [0, 0.05) is 0 Å². The van der Waals surface area contributed by atoms with Crippen LogP contribution in [0.5, 0.6) is 11.5 Å². The van der Waals surface area contributed by atoms with E-state index in [2.05, 4.69) is 11.3 Å². The van der Waals surface area contributed by atoms with E-state index < -0.39 is 31.2 Å². The lowest BCUT2D eigenvalue weighted by atomic mass is 9.81. The highest BCUT2D eigenvalue weighted by Gasteiger charge is 2.31. The summed E-state index contributed by atoms with van der Waals surface area (Å²) in [4.78, 5) is 0. The van der Waals surface area contributed by atoms with Gasteiger partial charge in [-0.05, 0) is 24.3 Å². The lowest BCUT2D eigenvalue weighted by molar-refractivity contribution is -0.274. The van der Waals surface area contributed by atoms with E-state index in [1.165, 1.54) is 0 Å². The highest BCUT2D eigenvalue weighted by atomic mass is 19.4. The molecule has 1 aromatic rings. The third-order valence-corrected chi connectivity index (χ3v) is 1.94. The number of hydrogen-bond donors (Lipinski definition) is 0. The van der Waals surface area contributed by atoms with Crippen LogP contribution in [0.4, 0.5) is 26.1 Å². The molecule has 9 heteroatoms. The Morgan fingerprint density at radius 1 is 1.05 bits per heavy atom. The second-order valence-electron chi connectivity index (χ2n) is 3.54. The molecule has 0 bridgehead atoms. The first-order chi connectivity index (χ1) is 8.58. The highest BCUT2D eigenvalue weighted by Crippen LogP contribution is 2.25. The first kappa shape index (κ1) is 15.3. The topological polar surface area (TPSA) is 18.5 Å². The minimum Gasteiger partial charge on any atom is -0.492 e. The Hall–Kier alpha value is -1.80. The molecule has 0 aromatic heterocycles. The number of hydrogen-bond acceptors (Lipinski definition) is 2. The third kappa shape index (κ3) is 5.58. The van der Waals surface area contributed by atoms with Crippen molar-refractivity contribution in [2.75, 3.05) is 6.61 Å². The van der Waals surface area contributed by atoms with E-state index in [1.807, 2.05) is 0 Å². The summed E-state index contributed by atoms with van der Waals surface area (Å²) in [5.41, 5.74) is -1.03. The molecule has 0 aliphatic heterocycles. The molecule has 19 heavy (non-hydrogen) atoms. The highest BCUT2D eigenvalue weighted by molar-refractivity contribution is 6.66. The fraction of sp³-hybridized carbons (Fsp3) is 0.200. The number of rotatable bonds is 5. The minimum absolute atomic E-state index is 0.0178. The summed E-state index contributed by atoms with van der Waals surface area (Å²) in [6, 6.07) is 4.00. The molecule has 0 radical (unpaired) electrons. The van der Waals surface area contributed by atoms with Crippen LogP contribution in [0, 0.1) is 0 Å². The molecule has 0 unspecified atom stereocenters. The normalized spacial score (nSPS) is 12.1. The third-order valence-electron chi connectivity index (χ3n) is 1.94. The van der Waals surface area contributed by atoms with Crippen molar-refractivity contribution in [3.05, 3.63) is 36.3 Å². The van der Waals surface area contributed by atoms with Gasteiger partial charge in [0.25, 0.3) is 0 Å². The summed E-state index contributed by atoms with van der Waals surface area (Å²) in [6.45, 7) is -3.15. The molecular weight excluding hydrogens is 277 g/mol. The van der Waals surface area contributed by atoms with Crippen LogP contribution in [0.25, 0.3) is 0 Å². The fourth-order valence-corrected chi connectivity index (χ4v) is 1.01. The maximum Gasteiger partial charge on any atom is 0.573 e. The summed E-state index contributed by atoms with van der Waals surface area (Å²) in [6.07, 6.45) is -4.82. The van der Waals surface area contributed by atoms with Gasteiger partial charge in [-0.3, -0.25) is 0 Å². The second-order valence-corrected chi connectivity index (χ2v) is 3.54. The zero-order valence-corrected chi connectivity index (χ0v) is 9.39. The standard InChI is InChI=1S/C10H8BF6O2/c1-7(11(15,16)17)6-18-8-2-4-9(5-3-8)19-10(12,13)14/h2-5H,1,6H2/q-1. The van der Waals surface area contributed by atoms with Crippen molar-refractivity contribution in [3.63, 3.8) is 0 Å². The predicted octanol–water partition coefficient (Wildman–Crippen LogP) is 3.91. The molecule has 0 amide bonds. The van der Waals surface area contributed by atoms with E-state index in [0.717, 1.165) is 24.3 Å². The first-order valence-corrected chi connectivity index (χ1v) is 4.94. The van der Waals surface area contributed by atoms with Crippen molar-refractivity contribution in [1.29, 1.82) is 0 Å². The molecule has 0 N–H and O–H groups in total. The smallest absolute Gasteiger partial charge is 0.492 e. The number of alkyl halides is 3. The van der Waals surface area contributed by atoms with E-state index in [-0.39, 0.29) is 5.75 Å². The SMILES string of the molecule is C=C(COc1ccc(OC(F)(F)F)cc1)[B-](F)(F)F. The molecule has 0 aliphatic rings. The van der Waals surface area contributed by atoms with Gasteiger partial charge in [-0.15, -0.1) is 25.2 Å². The largest absolute Gasteiger partial charge is 0.573 e. The van der Waals surface area contributed by atoms with Crippen LogP contribution in [-0.4, -0.2) is 19.9 Å². The summed E-state index contributed by atoms with van der Waals surface area (Å²) < 4.78 is 80.3. The molecule has 0 aliphatic carbocycles. The average Bonchev–Trinajstić information content (AvgIpc) is 2.24. The van der Waals surface area contributed by atoms with Crippen LogP contribution < -0.4 is 9.47 Å². The van der Waals surface area contributed by atoms with Gasteiger partial charge in [0.05, 0.1) is 6.61 Å². The van der Waals surface area contributed by atoms with Gasteiger partial charge in [-0.2, -0.15) is 0 Å². The average molecular weight is 285 g/mol. The number of benzene rings is 1. The van der Waals surface area contributed by atoms with Gasteiger partial charge in [0.1, 0.15) is 11.5 Å². The van der Waals surface area contributed by atoms with E-state index in [1.54, 1.807) is 0 Å². The lowest BCUT2D eigenvalue weighted by Gasteiger charge is -2.18. The molecular formula is C10H8BF6O2-. The molecule has 0 saturated carbocycles. The summed E-state index contributed by atoms with van der Waals surface area (Å²) in [5, 5.41) is 0. The second kappa shape index (κ2) is 5.46. The molecule has 0 spiro atoms.